The van der Waals surface area contributed by atoms with Crippen molar-refractivity contribution in [3.8, 4) is 0 Å². The first-order valence-corrected chi connectivity index (χ1v) is 6.28. The standard InChI is InChI=1S/C12H12BrFN2O2/c13-11-3-1-2-9(15-11)7-16(5-4-14)10-6-12(17)18-8-10/h1-3,6H,4-5,7-8H2. The second-order valence-electron chi connectivity index (χ2n) is 3.81. The average Bonchev–Trinajstić information content (AvgIpc) is 2.75. The number of aromatic nitrogens is 1. The van der Waals surface area contributed by atoms with Gasteiger partial charge in [0.15, 0.2) is 0 Å². The molecule has 0 fully saturated rings. The number of halogens is 2. The predicted octanol–water partition coefficient (Wildman–Crippen LogP) is 2.06. The molecular weight excluding hydrogens is 303 g/mol. The van der Waals surface area contributed by atoms with E-state index in [9.17, 15) is 9.18 Å². The quantitative estimate of drug-likeness (QED) is 0.616. The van der Waals surface area contributed by atoms with Gasteiger partial charge in [-0.1, -0.05) is 6.07 Å². The number of alkyl halides is 1. The number of esters is 1. The number of carbonyl (C=O) groups excluding carboxylic acids is 1. The Morgan fingerprint density at radius 3 is 2.94 bits per heavy atom. The molecule has 6 heteroatoms. The van der Waals surface area contributed by atoms with E-state index in [0.717, 1.165) is 10.3 Å². The molecule has 1 aromatic rings. The Morgan fingerprint density at radius 2 is 2.33 bits per heavy atom. The molecule has 18 heavy (non-hydrogen) atoms. The average molecular weight is 315 g/mol. The monoisotopic (exact) mass is 314 g/mol. The minimum Gasteiger partial charge on any atom is -0.456 e. The van der Waals surface area contributed by atoms with Crippen molar-refractivity contribution in [2.75, 3.05) is 19.8 Å². The molecule has 0 amide bonds. The van der Waals surface area contributed by atoms with Crippen LogP contribution in [0.1, 0.15) is 5.69 Å². The number of rotatable bonds is 5. The van der Waals surface area contributed by atoms with Gasteiger partial charge < -0.3 is 9.64 Å². The summed E-state index contributed by atoms with van der Waals surface area (Å²) in [4.78, 5) is 17.1. The molecule has 1 aliphatic heterocycles. The summed E-state index contributed by atoms with van der Waals surface area (Å²) >= 11 is 3.29. The van der Waals surface area contributed by atoms with E-state index in [1.807, 2.05) is 18.2 Å². The molecule has 0 radical (unpaired) electrons. The fraction of sp³-hybridized carbons (Fsp3) is 0.333. The Kier molecular flexibility index (Phi) is 4.30. The van der Waals surface area contributed by atoms with Crippen molar-refractivity contribution in [3.05, 3.63) is 40.3 Å². The fourth-order valence-corrected chi connectivity index (χ4v) is 2.09. The van der Waals surface area contributed by atoms with Gasteiger partial charge >= 0.3 is 5.97 Å². The Labute approximate surface area is 113 Å². The van der Waals surface area contributed by atoms with Crippen LogP contribution in [-0.4, -0.2) is 35.7 Å². The Hall–Kier alpha value is -1.43. The van der Waals surface area contributed by atoms with Gasteiger partial charge in [-0.05, 0) is 28.1 Å². The minimum absolute atomic E-state index is 0.201. The lowest BCUT2D eigenvalue weighted by atomic mass is 10.3. The maximum Gasteiger partial charge on any atom is 0.333 e. The van der Waals surface area contributed by atoms with Crippen LogP contribution >= 0.6 is 15.9 Å². The van der Waals surface area contributed by atoms with Crippen LogP contribution in [0.15, 0.2) is 34.6 Å². The highest BCUT2D eigenvalue weighted by Crippen LogP contribution is 2.16. The molecule has 0 aromatic carbocycles. The van der Waals surface area contributed by atoms with Crippen LogP contribution in [-0.2, 0) is 16.1 Å². The smallest absolute Gasteiger partial charge is 0.333 e. The van der Waals surface area contributed by atoms with Gasteiger partial charge in [0, 0.05) is 12.6 Å². The molecule has 0 unspecified atom stereocenters. The number of cyclic esters (lactones) is 1. The molecule has 1 aromatic heterocycles. The summed E-state index contributed by atoms with van der Waals surface area (Å²) < 4.78 is 18.1. The lowest BCUT2D eigenvalue weighted by molar-refractivity contribution is -0.135. The van der Waals surface area contributed by atoms with Crippen molar-refractivity contribution in [3.63, 3.8) is 0 Å². The van der Waals surface area contributed by atoms with Crippen molar-refractivity contribution >= 4 is 21.9 Å². The van der Waals surface area contributed by atoms with Crippen LogP contribution < -0.4 is 0 Å². The predicted molar refractivity (Wildman–Crippen MR) is 67.4 cm³/mol. The van der Waals surface area contributed by atoms with Gasteiger partial charge in [-0.15, -0.1) is 0 Å². The Balaban J connectivity index is 2.11. The molecule has 1 aliphatic rings. The Morgan fingerprint density at radius 1 is 1.50 bits per heavy atom. The molecule has 0 saturated heterocycles. The molecule has 96 valence electrons. The highest BCUT2D eigenvalue weighted by molar-refractivity contribution is 9.10. The van der Waals surface area contributed by atoms with Crippen LogP contribution in [0.2, 0.25) is 0 Å². The lowest BCUT2D eigenvalue weighted by Crippen LogP contribution is -2.26. The van der Waals surface area contributed by atoms with Crippen molar-refractivity contribution < 1.29 is 13.9 Å². The van der Waals surface area contributed by atoms with Crippen molar-refractivity contribution in [1.82, 2.24) is 9.88 Å². The van der Waals surface area contributed by atoms with Gasteiger partial charge in [-0.25, -0.2) is 14.2 Å². The summed E-state index contributed by atoms with van der Waals surface area (Å²) in [5.74, 6) is -0.379. The zero-order chi connectivity index (χ0) is 13.0. The molecule has 0 bridgehead atoms. The highest BCUT2D eigenvalue weighted by Gasteiger charge is 2.19. The summed E-state index contributed by atoms with van der Waals surface area (Å²) in [7, 11) is 0. The Bertz CT molecular complexity index is 479. The van der Waals surface area contributed by atoms with E-state index in [4.69, 9.17) is 4.74 Å². The first-order valence-electron chi connectivity index (χ1n) is 5.48. The first-order chi connectivity index (χ1) is 8.69. The maximum atomic E-state index is 12.6. The third-order valence-corrected chi connectivity index (χ3v) is 2.97. The number of hydrogen-bond acceptors (Lipinski definition) is 4. The summed E-state index contributed by atoms with van der Waals surface area (Å²) in [6.45, 7) is 0.384. The summed E-state index contributed by atoms with van der Waals surface area (Å²) in [6, 6.07) is 5.55. The highest BCUT2D eigenvalue weighted by atomic mass is 79.9. The van der Waals surface area contributed by atoms with Gasteiger partial charge in [0.2, 0.25) is 0 Å². The van der Waals surface area contributed by atoms with Crippen molar-refractivity contribution in [2.45, 2.75) is 6.54 Å². The largest absolute Gasteiger partial charge is 0.456 e. The van der Waals surface area contributed by atoms with E-state index in [1.54, 1.807) is 4.90 Å². The van der Waals surface area contributed by atoms with Crippen LogP contribution in [0.5, 0.6) is 0 Å². The summed E-state index contributed by atoms with van der Waals surface area (Å²) in [5.41, 5.74) is 1.50. The molecule has 0 aliphatic carbocycles. The zero-order valence-electron chi connectivity index (χ0n) is 9.60. The van der Waals surface area contributed by atoms with E-state index in [1.165, 1.54) is 6.08 Å². The first kappa shape index (κ1) is 13.0. The lowest BCUT2D eigenvalue weighted by Gasteiger charge is -2.23. The molecule has 0 spiro atoms. The van der Waals surface area contributed by atoms with E-state index < -0.39 is 6.67 Å². The van der Waals surface area contributed by atoms with Crippen LogP contribution in [0.25, 0.3) is 0 Å². The van der Waals surface area contributed by atoms with Crippen LogP contribution in [0.4, 0.5) is 4.39 Å². The van der Waals surface area contributed by atoms with Gasteiger partial charge in [-0.2, -0.15) is 0 Å². The van der Waals surface area contributed by atoms with Gasteiger partial charge in [-0.3, -0.25) is 0 Å². The van der Waals surface area contributed by atoms with Gasteiger partial charge in [0.05, 0.1) is 17.9 Å². The van der Waals surface area contributed by atoms with E-state index in [0.29, 0.717) is 12.2 Å². The molecule has 0 saturated carbocycles. The minimum atomic E-state index is -0.487. The van der Waals surface area contributed by atoms with Crippen LogP contribution in [0, 0.1) is 0 Å². The SMILES string of the molecule is O=C1C=C(N(CCF)Cc2cccc(Br)n2)CO1. The second-order valence-corrected chi connectivity index (χ2v) is 4.62. The van der Waals surface area contributed by atoms with Crippen molar-refractivity contribution in [1.29, 1.82) is 0 Å². The molecule has 0 N–H and O–H groups in total. The molecule has 0 atom stereocenters. The fourth-order valence-electron chi connectivity index (χ4n) is 1.71. The number of hydrogen-bond donors (Lipinski definition) is 0. The van der Waals surface area contributed by atoms with Crippen LogP contribution in [0.3, 0.4) is 0 Å². The third kappa shape index (κ3) is 3.29. The normalized spacial score (nSPS) is 14.3. The summed E-state index contributed by atoms with van der Waals surface area (Å²) in [5, 5.41) is 0. The molecule has 2 rings (SSSR count). The molecular formula is C12H12BrFN2O2. The topological polar surface area (TPSA) is 42.4 Å². The number of pyridine rings is 1. The second kappa shape index (κ2) is 5.95. The van der Waals surface area contributed by atoms with Crippen molar-refractivity contribution in [2.24, 2.45) is 0 Å². The maximum absolute atomic E-state index is 12.6. The van der Waals surface area contributed by atoms with E-state index in [2.05, 4.69) is 20.9 Å². The zero-order valence-corrected chi connectivity index (χ0v) is 11.2. The number of carbonyl (C=O) groups is 1. The third-order valence-electron chi connectivity index (χ3n) is 2.53. The number of nitrogens with zero attached hydrogens (tertiary/aromatic N) is 2. The van der Waals surface area contributed by atoms with E-state index in [-0.39, 0.29) is 19.1 Å². The van der Waals surface area contributed by atoms with E-state index >= 15 is 0 Å². The van der Waals surface area contributed by atoms with Gasteiger partial charge in [0.1, 0.15) is 17.9 Å². The molecule has 4 nitrogen and oxygen atoms in total. The van der Waals surface area contributed by atoms with Gasteiger partial charge in [0.25, 0.3) is 0 Å². The number of ether oxygens (including phenoxy) is 1. The summed E-state index contributed by atoms with van der Waals surface area (Å²) in [6.07, 6.45) is 1.40. The molecule has 2 heterocycles.